The summed E-state index contributed by atoms with van der Waals surface area (Å²) in [6.07, 6.45) is 6.66. The highest BCUT2D eigenvalue weighted by Crippen LogP contribution is 2.24. The van der Waals surface area contributed by atoms with Gasteiger partial charge in [0.25, 0.3) is 0 Å². The number of hydrogen-bond acceptors (Lipinski definition) is 4. The first-order chi connectivity index (χ1) is 12.0. The Morgan fingerprint density at radius 1 is 1.28 bits per heavy atom. The maximum Gasteiger partial charge on any atom is 0.241 e. The summed E-state index contributed by atoms with van der Waals surface area (Å²) in [4.78, 5) is 34.7. The van der Waals surface area contributed by atoms with Crippen LogP contribution >= 0.6 is 0 Å². The van der Waals surface area contributed by atoms with Gasteiger partial charge < -0.3 is 20.5 Å². The molecule has 2 amide bonds. The number of aromatic nitrogens is 2. The second-order valence-corrected chi connectivity index (χ2v) is 6.54. The van der Waals surface area contributed by atoms with Crippen LogP contribution in [0.4, 0.5) is 5.69 Å². The van der Waals surface area contributed by atoms with E-state index in [1.54, 1.807) is 12.3 Å². The molecule has 0 aliphatic carbocycles. The molecule has 2 aromatic rings. The van der Waals surface area contributed by atoms with E-state index in [2.05, 4.69) is 20.9 Å². The van der Waals surface area contributed by atoms with Gasteiger partial charge in [-0.1, -0.05) is 13.8 Å². The molecule has 0 spiro atoms. The number of primary amides is 1. The van der Waals surface area contributed by atoms with E-state index in [0.717, 1.165) is 48.5 Å². The Morgan fingerprint density at radius 2 is 2.00 bits per heavy atom. The topological polar surface area (TPSA) is 95.3 Å². The lowest BCUT2D eigenvalue weighted by molar-refractivity contribution is -0.134. The van der Waals surface area contributed by atoms with Crippen LogP contribution in [0.2, 0.25) is 0 Å². The minimum atomic E-state index is -0.482. The van der Waals surface area contributed by atoms with Crippen LogP contribution in [0.5, 0.6) is 0 Å². The molecule has 0 unspecified atom stereocenters. The number of carbonyl (C=O) groups is 2. The first-order valence-electron chi connectivity index (χ1n) is 8.44. The van der Waals surface area contributed by atoms with Gasteiger partial charge in [-0.3, -0.25) is 9.59 Å². The minimum absolute atomic E-state index is 0.0315. The van der Waals surface area contributed by atoms with Gasteiger partial charge in [0.1, 0.15) is 5.65 Å². The molecule has 1 saturated heterocycles. The molecule has 7 heteroatoms. The number of pyridine rings is 1. The molecule has 0 saturated carbocycles. The second-order valence-electron chi connectivity index (χ2n) is 6.54. The van der Waals surface area contributed by atoms with E-state index in [9.17, 15) is 9.59 Å². The normalized spacial score (nSPS) is 15.5. The lowest BCUT2D eigenvalue weighted by Crippen LogP contribution is -2.49. The number of carbonyl (C=O) groups excluding carboxylic acids is 2. The fraction of sp³-hybridized carbons (Fsp3) is 0.389. The largest absolute Gasteiger partial charge is 0.367 e. The summed E-state index contributed by atoms with van der Waals surface area (Å²) in [7, 11) is 0. The predicted octanol–water partition coefficient (Wildman–Crippen LogP) is 1.37. The van der Waals surface area contributed by atoms with Crippen molar-refractivity contribution in [1.29, 1.82) is 0 Å². The first-order valence-corrected chi connectivity index (χ1v) is 8.44. The van der Waals surface area contributed by atoms with Gasteiger partial charge in [0.05, 0.1) is 11.9 Å². The van der Waals surface area contributed by atoms with Crippen LogP contribution in [0.25, 0.3) is 17.1 Å². The Bertz CT molecular complexity index is 816. The van der Waals surface area contributed by atoms with Crippen molar-refractivity contribution in [3.63, 3.8) is 0 Å². The highest BCUT2D eigenvalue weighted by atomic mass is 16.2. The van der Waals surface area contributed by atoms with Crippen molar-refractivity contribution in [2.75, 3.05) is 31.1 Å². The highest BCUT2D eigenvalue weighted by Gasteiger charge is 2.23. The Kier molecular flexibility index (Phi) is 4.74. The van der Waals surface area contributed by atoms with Crippen molar-refractivity contribution in [1.82, 2.24) is 14.9 Å². The molecular weight excluding hydrogens is 318 g/mol. The summed E-state index contributed by atoms with van der Waals surface area (Å²) in [5.41, 5.74) is 7.82. The third-order valence-corrected chi connectivity index (χ3v) is 4.43. The summed E-state index contributed by atoms with van der Waals surface area (Å²) in [6, 6.07) is 2.05. The number of piperazine rings is 1. The number of nitrogens with two attached hydrogens (primary N) is 1. The molecule has 132 valence electrons. The number of H-pyrrole nitrogens is 1. The lowest BCUT2D eigenvalue weighted by Gasteiger charge is -2.36. The standard InChI is InChI=1S/C18H23N5O2/c1-12(2)18(25)23-7-5-22(6-8-23)14-9-15-13(3-4-16(19)24)10-20-17(15)21-11-14/h3-4,9-12H,5-8H2,1-2H3,(H2,19,24)(H,20,21)/b4-3+. The molecule has 25 heavy (non-hydrogen) atoms. The zero-order valence-corrected chi connectivity index (χ0v) is 14.5. The van der Waals surface area contributed by atoms with Crippen molar-refractivity contribution >= 4 is 34.6 Å². The quantitative estimate of drug-likeness (QED) is 0.821. The van der Waals surface area contributed by atoms with Crippen LogP contribution < -0.4 is 10.6 Å². The van der Waals surface area contributed by atoms with E-state index >= 15 is 0 Å². The number of rotatable bonds is 4. The minimum Gasteiger partial charge on any atom is -0.367 e. The number of nitrogens with one attached hydrogen (secondary N) is 1. The van der Waals surface area contributed by atoms with Crippen molar-refractivity contribution in [3.8, 4) is 0 Å². The SMILES string of the molecule is CC(C)C(=O)N1CCN(c2cnc3[nH]cc(/C=C/C(N)=O)c3c2)CC1. The van der Waals surface area contributed by atoms with E-state index in [0.29, 0.717) is 0 Å². The Morgan fingerprint density at radius 3 is 2.64 bits per heavy atom. The molecule has 2 aromatic heterocycles. The zero-order valence-electron chi connectivity index (χ0n) is 14.5. The summed E-state index contributed by atoms with van der Waals surface area (Å²) < 4.78 is 0. The average molecular weight is 341 g/mol. The number of aromatic amines is 1. The molecular formula is C18H23N5O2. The summed E-state index contributed by atoms with van der Waals surface area (Å²) in [5, 5.41) is 0.940. The molecule has 1 fully saturated rings. The third-order valence-electron chi connectivity index (χ3n) is 4.43. The monoisotopic (exact) mass is 341 g/mol. The Labute approximate surface area is 146 Å². The van der Waals surface area contributed by atoms with E-state index in [4.69, 9.17) is 5.73 Å². The van der Waals surface area contributed by atoms with Gasteiger partial charge >= 0.3 is 0 Å². The summed E-state index contributed by atoms with van der Waals surface area (Å²) >= 11 is 0. The summed E-state index contributed by atoms with van der Waals surface area (Å²) in [6.45, 7) is 6.86. The van der Waals surface area contributed by atoms with E-state index in [-0.39, 0.29) is 11.8 Å². The lowest BCUT2D eigenvalue weighted by atomic mass is 10.1. The number of hydrogen-bond donors (Lipinski definition) is 2. The van der Waals surface area contributed by atoms with Gasteiger partial charge in [0.15, 0.2) is 0 Å². The second kappa shape index (κ2) is 6.96. The van der Waals surface area contributed by atoms with Crippen molar-refractivity contribution < 1.29 is 9.59 Å². The molecule has 0 radical (unpaired) electrons. The highest BCUT2D eigenvalue weighted by molar-refractivity contribution is 5.95. The van der Waals surface area contributed by atoms with Crippen LogP contribution in [0.1, 0.15) is 19.4 Å². The molecule has 1 aliphatic heterocycles. The third kappa shape index (κ3) is 3.65. The molecule has 3 heterocycles. The first kappa shape index (κ1) is 17.0. The number of nitrogens with zero attached hydrogens (tertiary/aromatic N) is 3. The summed E-state index contributed by atoms with van der Waals surface area (Å²) in [5.74, 6) is -0.244. The van der Waals surface area contributed by atoms with Crippen LogP contribution in [-0.2, 0) is 9.59 Å². The van der Waals surface area contributed by atoms with Crippen molar-refractivity contribution in [3.05, 3.63) is 30.1 Å². The van der Waals surface area contributed by atoms with Gasteiger partial charge in [-0.2, -0.15) is 0 Å². The van der Waals surface area contributed by atoms with E-state index in [1.807, 2.05) is 24.9 Å². The molecule has 0 atom stereocenters. The number of fused-ring (bicyclic) bond motifs is 1. The van der Waals surface area contributed by atoms with Crippen molar-refractivity contribution in [2.24, 2.45) is 11.7 Å². The molecule has 0 bridgehead atoms. The number of amides is 2. The molecule has 3 N–H and O–H groups in total. The van der Waals surface area contributed by atoms with Gasteiger partial charge in [0, 0.05) is 55.3 Å². The van der Waals surface area contributed by atoms with Gasteiger partial charge in [-0.05, 0) is 12.1 Å². The predicted molar refractivity (Wildman–Crippen MR) is 98.0 cm³/mol. The molecule has 3 rings (SSSR count). The van der Waals surface area contributed by atoms with Gasteiger partial charge in [0.2, 0.25) is 11.8 Å². The van der Waals surface area contributed by atoms with Crippen molar-refractivity contribution in [2.45, 2.75) is 13.8 Å². The maximum absolute atomic E-state index is 12.1. The van der Waals surface area contributed by atoms with Gasteiger partial charge in [-0.25, -0.2) is 4.98 Å². The molecule has 1 aliphatic rings. The number of anilines is 1. The van der Waals surface area contributed by atoms with Crippen LogP contribution in [0.15, 0.2) is 24.5 Å². The smallest absolute Gasteiger partial charge is 0.241 e. The van der Waals surface area contributed by atoms with E-state index in [1.165, 1.54) is 6.08 Å². The zero-order chi connectivity index (χ0) is 18.0. The average Bonchev–Trinajstić information content (AvgIpc) is 3.01. The van der Waals surface area contributed by atoms with Crippen LogP contribution in [-0.4, -0.2) is 52.9 Å². The van der Waals surface area contributed by atoms with Crippen LogP contribution in [0, 0.1) is 5.92 Å². The van der Waals surface area contributed by atoms with Crippen LogP contribution in [0.3, 0.4) is 0 Å². The van der Waals surface area contributed by atoms with Gasteiger partial charge in [-0.15, -0.1) is 0 Å². The maximum atomic E-state index is 12.1. The van der Waals surface area contributed by atoms with E-state index < -0.39 is 5.91 Å². The molecule has 7 nitrogen and oxygen atoms in total. The molecule has 0 aromatic carbocycles. The Balaban J connectivity index is 1.77. The fourth-order valence-corrected chi connectivity index (χ4v) is 3.05. The Hall–Kier alpha value is -2.83. The fourth-order valence-electron chi connectivity index (χ4n) is 3.05.